The minimum Gasteiger partial charge on any atom is -0.384 e. The lowest BCUT2D eigenvalue weighted by Crippen LogP contribution is -2.45. The molecule has 2 aliphatic rings. The topological polar surface area (TPSA) is 75.9 Å². The minimum atomic E-state index is -0.863. The van der Waals surface area contributed by atoms with E-state index in [1.165, 1.54) is 12.8 Å². The highest BCUT2D eigenvalue weighted by Crippen LogP contribution is 2.41. The quantitative estimate of drug-likeness (QED) is 0.834. The molecule has 2 saturated carbocycles. The van der Waals surface area contributed by atoms with E-state index in [-0.39, 0.29) is 6.04 Å². The number of nitriles is 1. The highest BCUT2D eigenvalue weighted by molar-refractivity contribution is 6.32. The summed E-state index contributed by atoms with van der Waals surface area (Å²) in [6.07, 6.45) is 9.30. The Balaban J connectivity index is 1.62. The standard InChI is InChI=1S/C20H23ClN4O/c21-18-8-16(6-5-15(18)10-22)25(12-14-3-4-14)17-2-1-7-20(26,9-17)19-11-23-13-24-19/h5-6,8,11,13-14,17,26H,1-4,7,9,12H2,(H,23,24). The van der Waals surface area contributed by atoms with E-state index in [1.54, 1.807) is 18.6 Å². The highest BCUT2D eigenvalue weighted by Gasteiger charge is 2.40. The number of nitrogens with one attached hydrogen (secondary N) is 1. The smallest absolute Gasteiger partial charge is 0.108 e. The Bertz CT molecular complexity index is 812. The fourth-order valence-electron chi connectivity index (χ4n) is 4.06. The maximum Gasteiger partial charge on any atom is 0.108 e. The first-order chi connectivity index (χ1) is 12.6. The predicted octanol–water partition coefficient (Wildman–Crippen LogP) is 3.98. The summed E-state index contributed by atoms with van der Waals surface area (Å²) >= 11 is 6.29. The van der Waals surface area contributed by atoms with Crippen LogP contribution in [0.4, 0.5) is 5.69 Å². The molecule has 1 heterocycles. The molecule has 4 rings (SSSR count). The van der Waals surface area contributed by atoms with Crippen molar-refractivity contribution >= 4 is 17.3 Å². The van der Waals surface area contributed by atoms with Gasteiger partial charge >= 0.3 is 0 Å². The summed E-state index contributed by atoms with van der Waals surface area (Å²) in [5.74, 6) is 0.714. The molecule has 1 aromatic heterocycles. The number of imidazole rings is 1. The molecule has 26 heavy (non-hydrogen) atoms. The van der Waals surface area contributed by atoms with Gasteiger partial charge in [0.25, 0.3) is 0 Å². The zero-order valence-electron chi connectivity index (χ0n) is 14.7. The number of aromatic nitrogens is 2. The van der Waals surface area contributed by atoms with E-state index >= 15 is 0 Å². The van der Waals surface area contributed by atoms with Gasteiger partial charge in [0.05, 0.1) is 28.8 Å². The number of benzene rings is 1. The summed E-state index contributed by atoms with van der Waals surface area (Å²) in [6.45, 7) is 0.978. The summed E-state index contributed by atoms with van der Waals surface area (Å²) in [5, 5.41) is 20.8. The fraction of sp³-hybridized carbons (Fsp3) is 0.500. The number of aliphatic hydroxyl groups is 1. The van der Waals surface area contributed by atoms with Crippen molar-refractivity contribution in [3.63, 3.8) is 0 Å². The van der Waals surface area contributed by atoms with Gasteiger partial charge in [0.15, 0.2) is 0 Å². The Kier molecular flexibility index (Phi) is 4.64. The van der Waals surface area contributed by atoms with Gasteiger partial charge in [-0.3, -0.25) is 0 Å². The van der Waals surface area contributed by atoms with Gasteiger partial charge < -0.3 is 15.0 Å². The van der Waals surface area contributed by atoms with Crippen molar-refractivity contribution < 1.29 is 5.11 Å². The maximum atomic E-state index is 11.2. The van der Waals surface area contributed by atoms with Crippen LogP contribution >= 0.6 is 11.6 Å². The number of H-pyrrole nitrogens is 1. The molecule has 5 nitrogen and oxygen atoms in total. The van der Waals surface area contributed by atoms with Crippen LogP contribution < -0.4 is 4.90 Å². The van der Waals surface area contributed by atoms with Crippen LogP contribution in [0.3, 0.4) is 0 Å². The summed E-state index contributed by atoms with van der Waals surface area (Å²) < 4.78 is 0. The minimum absolute atomic E-state index is 0.238. The molecule has 1 aromatic carbocycles. The van der Waals surface area contributed by atoms with E-state index in [4.69, 9.17) is 16.9 Å². The van der Waals surface area contributed by atoms with Crippen LogP contribution in [0.2, 0.25) is 5.02 Å². The molecule has 2 fully saturated rings. The van der Waals surface area contributed by atoms with Gasteiger partial charge in [0.2, 0.25) is 0 Å². The normalized spacial score (nSPS) is 25.7. The second-order valence-corrected chi connectivity index (χ2v) is 8.03. The summed E-state index contributed by atoms with van der Waals surface area (Å²) in [7, 11) is 0. The molecule has 136 valence electrons. The third-order valence-corrected chi connectivity index (χ3v) is 6.01. The third-order valence-electron chi connectivity index (χ3n) is 5.70. The summed E-state index contributed by atoms with van der Waals surface area (Å²) in [6, 6.07) is 8.03. The Morgan fingerprint density at radius 2 is 2.23 bits per heavy atom. The molecule has 2 unspecified atom stereocenters. The van der Waals surface area contributed by atoms with Crippen LogP contribution in [0.5, 0.6) is 0 Å². The predicted molar refractivity (Wildman–Crippen MR) is 101 cm³/mol. The Labute approximate surface area is 158 Å². The highest BCUT2D eigenvalue weighted by atomic mass is 35.5. The summed E-state index contributed by atoms with van der Waals surface area (Å²) in [4.78, 5) is 9.56. The Morgan fingerprint density at radius 3 is 2.88 bits per heavy atom. The van der Waals surface area contributed by atoms with E-state index in [9.17, 15) is 5.11 Å². The van der Waals surface area contributed by atoms with Crippen molar-refractivity contribution in [2.75, 3.05) is 11.4 Å². The van der Waals surface area contributed by atoms with Gasteiger partial charge in [0.1, 0.15) is 11.7 Å². The van der Waals surface area contributed by atoms with Gasteiger partial charge in [-0.2, -0.15) is 5.26 Å². The Hall–Kier alpha value is -2.03. The van der Waals surface area contributed by atoms with Crippen LogP contribution in [0.1, 0.15) is 49.8 Å². The van der Waals surface area contributed by atoms with Crippen molar-refractivity contribution in [1.29, 1.82) is 5.26 Å². The molecule has 0 bridgehead atoms. The molecule has 0 spiro atoms. The monoisotopic (exact) mass is 370 g/mol. The van der Waals surface area contributed by atoms with Gasteiger partial charge in [-0.1, -0.05) is 11.6 Å². The average molecular weight is 371 g/mol. The first kappa shape index (κ1) is 17.4. The van der Waals surface area contributed by atoms with Crippen molar-refractivity contribution in [2.45, 2.75) is 50.2 Å². The average Bonchev–Trinajstić information content (AvgIpc) is 3.28. The molecule has 2 aliphatic carbocycles. The lowest BCUT2D eigenvalue weighted by atomic mass is 9.79. The molecular weight excluding hydrogens is 348 g/mol. The molecule has 0 radical (unpaired) electrons. The molecule has 2 atom stereocenters. The zero-order valence-corrected chi connectivity index (χ0v) is 15.4. The molecule has 0 aliphatic heterocycles. The molecule has 2 N–H and O–H groups in total. The van der Waals surface area contributed by atoms with E-state index in [0.717, 1.165) is 37.2 Å². The number of anilines is 1. The molecule has 2 aromatic rings. The van der Waals surface area contributed by atoms with Gasteiger partial charge in [-0.05, 0) is 56.2 Å². The Morgan fingerprint density at radius 1 is 1.38 bits per heavy atom. The number of aromatic amines is 1. The van der Waals surface area contributed by atoms with Crippen molar-refractivity contribution in [3.8, 4) is 6.07 Å². The van der Waals surface area contributed by atoms with E-state index in [1.807, 2.05) is 12.1 Å². The first-order valence-corrected chi connectivity index (χ1v) is 9.64. The molecule has 6 heteroatoms. The maximum absolute atomic E-state index is 11.2. The molecule has 0 saturated heterocycles. The first-order valence-electron chi connectivity index (χ1n) is 9.26. The third kappa shape index (κ3) is 3.44. The van der Waals surface area contributed by atoms with Crippen molar-refractivity contribution in [3.05, 3.63) is 47.0 Å². The van der Waals surface area contributed by atoms with Crippen LogP contribution in [-0.2, 0) is 5.60 Å². The lowest BCUT2D eigenvalue weighted by Gasteiger charge is -2.43. The fourth-order valence-corrected chi connectivity index (χ4v) is 4.28. The number of halogens is 1. The number of hydrogen-bond acceptors (Lipinski definition) is 4. The van der Waals surface area contributed by atoms with Crippen molar-refractivity contribution in [1.82, 2.24) is 9.97 Å². The number of rotatable bonds is 5. The van der Waals surface area contributed by atoms with E-state index in [2.05, 4.69) is 20.9 Å². The van der Waals surface area contributed by atoms with E-state index in [0.29, 0.717) is 22.9 Å². The largest absolute Gasteiger partial charge is 0.384 e. The number of hydrogen-bond donors (Lipinski definition) is 2. The summed E-state index contributed by atoms with van der Waals surface area (Å²) in [5.41, 5.74) is 1.48. The van der Waals surface area contributed by atoms with Crippen LogP contribution in [-0.4, -0.2) is 27.7 Å². The SMILES string of the molecule is N#Cc1ccc(N(CC2CC2)C2CCCC(O)(c3cnc[nH]3)C2)cc1Cl. The van der Waals surface area contributed by atoms with Crippen molar-refractivity contribution in [2.24, 2.45) is 5.92 Å². The molecular formula is C20H23ClN4O. The zero-order chi connectivity index (χ0) is 18.1. The lowest BCUT2D eigenvalue weighted by molar-refractivity contribution is -0.0120. The molecule has 0 amide bonds. The van der Waals surface area contributed by atoms with E-state index < -0.39 is 5.60 Å². The number of nitrogens with zero attached hydrogens (tertiary/aromatic N) is 3. The van der Waals surface area contributed by atoms with Crippen LogP contribution in [0.25, 0.3) is 0 Å². The van der Waals surface area contributed by atoms with Crippen LogP contribution in [0.15, 0.2) is 30.7 Å². The van der Waals surface area contributed by atoms with Gasteiger partial charge in [-0.15, -0.1) is 0 Å². The van der Waals surface area contributed by atoms with Crippen LogP contribution in [0, 0.1) is 17.2 Å². The second-order valence-electron chi connectivity index (χ2n) is 7.62. The van der Waals surface area contributed by atoms with Gasteiger partial charge in [0, 0.05) is 24.7 Å². The second kappa shape index (κ2) is 6.94. The van der Waals surface area contributed by atoms with Gasteiger partial charge in [-0.25, -0.2) is 4.98 Å².